The average Bonchev–Trinajstić information content (AvgIpc) is 2.95. The number of amides is 1. The van der Waals surface area contributed by atoms with Gasteiger partial charge in [-0.25, -0.2) is 0 Å². The average molecular weight is 262 g/mol. The quantitative estimate of drug-likeness (QED) is 0.825. The van der Waals surface area contributed by atoms with E-state index >= 15 is 0 Å². The minimum atomic E-state index is -0.834. The summed E-state index contributed by atoms with van der Waals surface area (Å²) < 4.78 is 0. The largest absolute Gasteiger partial charge is 0.506 e. The standard InChI is InChI=1S/C13H14N2O4/c16-9-3-7(5-14-6-9)12(17)15-8-1-2-11(15)10(4-8)13(18)19/h3,5-6,8,10-11,16H,1-2,4H2,(H,18,19). The zero-order chi connectivity index (χ0) is 13.6. The maximum absolute atomic E-state index is 12.4. The number of nitrogens with zero attached hydrogens (tertiary/aromatic N) is 2. The van der Waals surface area contributed by atoms with Crippen molar-refractivity contribution in [1.82, 2.24) is 9.88 Å². The number of carboxylic acid groups (broad SMARTS) is 1. The summed E-state index contributed by atoms with van der Waals surface area (Å²) in [4.78, 5) is 29.0. The molecule has 3 rings (SSSR count). The Kier molecular flexibility index (Phi) is 2.66. The van der Waals surface area contributed by atoms with Gasteiger partial charge in [0.2, 0.25) is 0 Å². The Morgan fingerprint density at radius 2 is 2.11 bits per heavy atom. The third-order valence-electron chi connectivity index (χ3n) is 4.06. The summed E-state index contributed by atoms with van der Waals surface area (Å²) in [5.41, 5.74) is 0.308. The second kappa shape index (κ2) is 4.22. The number of aromatic nitrogens is 1. The Morgan fingerprint density at radius 3 is 2.74 bits per heavy atom. The second-order valence-electron chi connectivity index (χ2n) is 5.12. The Hall–Kier alpha value is -2.11. The van der Waals surface area contributed by atoms with Crippen LogP contribution in [0.2, 0.25) is 0 Å². The van der Waals surface area contributed by atoms with E-state index in [-0.39, 0.29) is 23.7 Å². The molecule has 0 spiro atoms. The zero-order valence-corrected chi connectivity index (χ0v) is 10.2. The predicted molar refractivity (Wildman–Crippen MR) is 64.6 cm³/mol. The molecule has 2 bridgehead atoms. The van der Waals surface area contributed by atoms with Crippen LogP contribution < -0.4 is 0 Å². The fourth-order valence-corrected chi connectivity index (χ4v) is 3.26. The van der Waals surface area contributed by atoms with Crippen LogP contribution in [-0.2, 0) is 4.79 Å². The van der Waals surface area contributed by atoms with Gasteiger partial charge < -0.3 is 15.1 Å². The number of hydrogen-bond donors (Lipinski definition) is 2. The molecular formula is C13H14N2O4. The SMILES string of the molecule is O=C(O)C1CC2CCC1N2C(=O)c1cncc(O)c1. The summed E-state index contributed by atoms with van der Waals surface area (Å²) in [6.07, 6.45) is 4.77. The van der Waals surface area contributed by atoms with Crippen molar-refractivity contribution in [2.24, 2.45) is 5.92 Å². The van der Waals surface area contributed by atoms with E-state index in [9.17, 15) is 14.7 Å². The molecular weight excluding hydrogens is 248 g/mol. The zero-order valence-electron chi connectivity index (χ0n) is 10.2. The van der Waals surface area contributed by atoms with E-state index in [2.05, 4.69) is 4.98 Å². The van der Waals surface area contributed by atoms with Crippen LogP contribution in [0.4, 0.5) is 0 Å². The molecule has 3 unspecified atom stereocenters. The third-order valence-corrected chi connectivity index (χ3v) is 4.06. The van der Waals surface area contributed by atoms with Crippen LogP contribution in [0.5, 0.6) is 5.75 Å². The number of rotatable bonds is 2. The van der Waals surface area contributed by atoms with Crippen LogP contribution in [-0.4, -0.2) is 44.1 Å². The van der Waals surface area contributed by atoms with E-state index in [0.717, 1.165) is 12.8 Å². The lowest BCUT2D eigenvalue weighted by Crippen LogP contribution is -2.37. The molecule has 1 aromatic heterocycles. The van der Waals surface area contributed by atoms with Gasteiger partial charge in [-0.15, -0.1) is 0 Å². The number of aliphatic carboxylic acids is 1. The van der Waals surface area contributed by atoms with E-state index in [1.54, 1.807) is 4.90 Å². The van der Waals surface area contributed by atoms with E-state index in [4.69, 9.17) is 5.11 Å². The Bertz CT molecular complexity index is 545. The fraction of sp³-hybridized carbons (Fsp3) is 0.462. The molecule has 0 saturated carbocycles. The van der Waals surface area contributed by atoms with Crippen LogP contribution in [0, 0.1) is 5.92 Å². The Morgan fingerprint density at radius 1 is 1.32 bits per heavy atom. The van der Waals surface area contributed by atoms with Gasteiger partial charge in [-0.2, -0.15) is 0 Å². The van der Waals surface area contributed by atoms with Crippen LogP contribution >= 0.6 is 0 Å². The molecule has 2 aliphatic rings. The number of carbonyl (C=O) groups is 2. The molecule has 2 aliphatic heterocycles. The molecule has 100 valence electrons. The highest BCUT2D eigenvalue weighted by Gasteiger charge is 2.51. The number of carboxylic acids is 1. The first-order chi connectivity index (χ1) is 9.08. The van der Waals surface area contributed by atoms with Crippen molar-refractivity contribution in [3.8, 4) is 5.75 Å². The lowest BCUT2D eigenvalue weighted by molar-refractivity contribution is -0.142. The summed E-state index contributed by atoms with van der Waals surface area (Å²) in [5, 5.41) is 18.5. The molecule has 2 saturated heterocycles. The van der Waals surface area contributed by atoms with Gasteiger partial charge in [-0.05, 0) is 25.3 Å². The van der Waals surface area contributed by atoms with Crippen LogP contribution in [0.15, 0.2) is 18.5 Å². The molecule has 0 aliphatic carbocycles. The van der Waals surface area contributed by atoms with Crippen molar-refractivity contribution in [2.75, 3.05) is 0 Å². The topological polar surface area (TPSA) is 90.7 Å². The first-order valence-electron chi connectivity index (χ1n) is 6.27. The van der Waals surface area contributed by atoms with Crippen molar-refractivity contribution in [3.63, 3.8) is 0 Å². The summed E-state index contributed by atoms with van der Waals surface area (Å²) in [5.74, 6) is -1.60. The number of hydrogen-bond acceptors (Lipinski definition) is 4. The molecule has 19 heavy (non-hydrogen) atoms. The number of fused-ring (bicyclic) bond motifs is 2. The highest BCUT2D eigenvalue weighted by Crippen LogP contribution is 2.42. The maximum Gasteiger partial charge on any atom is 0.308 e. The van der Waals surface area contributed by atoms with Gasteiger partial charge in [-0.3, -0.25) is 14.6 Å². The molecule has 0 aromatic carbocycles. The van der Waals surface area contributed by atoms with Crippen molar-refractivity contribution < 1.29 is 19.8 Å². The first-order valence-corrected chi connectivity index (χ1v) is 6.27. The second-order valence-corrected chi connectivity index (χ2v) is 5.12. The molecule has 3 heterocycles. The fourth-order valence-electron chi connectivity index (χ4n) is 3.26. The van der Waals surface area contributed by atoms with E-state index in [1.165, 1.54) is 18.5 Å². The Balaban J connectivity index is 1.87. The van der Waals surface area contributed by atoms with Crippen LogP contribution in [0.3, 0.4) is 0 Å². The van der Waals surface area contributed by atoms with Gasteiger partial charge in [0, 0.05) is 18.3 Å². The number of carbonyl (C=O) groups excluding carboxylic acids is 1. The van der Waals surface area contributed by atoms with E-state index in [1.807, 2.05) is 0 Å². The Labute approximate surface area is 109 Å². The van der Waals surface area contributed by atoms with Gasteiger partial charge in [0.15, 0.2) is 0 Å². The highest BCUT2D eigenvalue weighted by atomic mass is 16.4. The predicted octanol–water partition coefficient (Wildman–Crippen LogP) is 0.865. The lowest BCUT2D eigenvalue weighted by atomic mass is 9.89. The maximum atomic E-state index is 12.4. The molecule has 6 nitrogen and oxygen atoms in total. The van der Waals surface area contributed by atoms with Crippen molar-refractivity contribution in [3.05, 3.63) is 24.0 Å². The van der Waals surface area contributed by atoms with Crippen molar-refractivity contribution in [2.45, 2.75) is 31.3 Å². The molecule has 1 aromatic rings. The molecule has 2 N–H and O–H groups in total. The molecule has 3 atom stereocenters. The normalized spacial score (nSPS) is 28.6. The summed E-state index contributed by atoms with van der Waals surface area (Å²) in [7, 11) is 0. The smallest absolute Gasteiger partial charge is 0.308 e. The summed E-state index contributed by atoms with van der Waals surface area (Å²) >= 11 is 0. The van der Waals surface area contributed by atoms with E-state index < -0.39 is 11.9 Å². The molecule has 0 radical (unpaired) electrons. The van der Waals surface area contributed by atoms with Gasteiger partial charge in [-0.1, -0.05) is 0 Å². The van der Waals surface area contributed by atoms with Crippen LogP contribution in [0.1, 0.15) is 29.6 Å². The third kappa shape index (κ3) is 1.83. The van der Waals surface area contributed by atoms with Crippen molar-refractivity contribution >= 4 is 11.9 Å². The number of pyridine rings is 1. The molecule has 6 heteroatoms. The lowest BCUT2D eigenvalue weighted by Gasteiger charge is -2.23. The minimum Gasteiger partial charge on any atom is -0.506 e. The number of aromatic hydroxyl groups is 1. The first kappa shape index (κ1) is 12.0. The van der Waals surface area contributed by atoms with Gasteiger partial charge >= 0.3 is 5.97 Å². The van der Waals surface area contributed by atoms with Gasteiger partial charge in [0.25, 0.3) is 5.91 Å². The van der Waals surface area contributed by atoms with Gasteiger partial charge in [0.05, 0.1) is 17.7 Å². The summed E-state index contributed by atoms with van der Waals surface area (Å²) in [6, 6.07) is 1.14. The molecule has 1 amide bonds. The highest BCUT2D eigenvalue weighted by molar-refractivity contribution is 5.95. The molecule has 2 fully saturated rings. The van der Waals surface area contributed by atoms with Crippen LogP contribution in [0.25, 0.3) is 0 Å². The monoisotopic (exact) mass is 262 g/mol. The minimum absolute atomic E-state index is 0.000879. The summed E-state index contributed by atoms with van der Waals surface area (Å²) in [6.45, 7) is 0. The van der Waals surface area contributed by atoms with Gasteiger partial charge in [0.1, 0.15) is 5.75 Å². The van der Waals surface area contributed by atoms with E-state index in [0.29, 0.717) is 12.0 Å². The van der Waals surface area contributed by atoms with Crippen molar-refractivity contribution in [1.29, 1.82) is 0 Å².